The number of nitrogens with one attached hydrogen (secondary N) is 3. The summed E-state index contributed by atoms with van der Waals surface area (Å²) in [4.78, 5) is 25.4. The van der Waals surface area contributed by atoms with Crippen LogP contribution < -0.4 is 15.4 Å². The number of sulfone groups is 1. The Kier molecular flexibility index (Phi) is 8.47. The van der Waals surface area contributed by atoms with Gasteiger partial charge in [-0.1, -0.05) is 28.9 Å². The molecule has 0 saturated heterocycles. The number of halogens is 1. The summed E-state index contributed by atoms with van der Waals surface area (Å²) in [7, 11) is -7.79. The minimum Gasteiger partial charge on any atom is -0.337 e. The van der Waals surface area contributed by atoms with E-state index in [0.717, 1.165) is 17.6 Å². The predicted molar refractivity (Wildman–Crippen MR) is 142 cm³/mol. The highest BCUT2D eigenvalue weighted by Gasteiger charge is 2.26. The Labute approximate surface area is 222 Å². The molecule has 0 unspecified atom stereocenters. The number of sulfonamides is 1. The number of amides is 2. The van der Waals surface area contributed by atoms with Crippen molar-refractivity contribution in [3.63, 3.8) is 0 Å². The van der Waals surface area contributed by atoms with Crippen LogP contribution in [0.2, 0.25) is 5.02 Å². The number of thiophene rings is 1. The summed E-state index contributed by atoms with van der Waals surface area (Å²) in [6.07, 6.45) is 3.48. The number of rotatable bonds is 9. The molecular formula is C22H23ClN4O7S3. The van der Waals surface area contributed by atoms with Gasteiger partial charge in [0.1, 0.15) is 15.6 Å². The van der Waals surface area contributed by atoms with Crippen molar-refractivity contribution in [2.24, 2.45) is 0 Å². The summed E-state index contributed by atoms with van der Waals surface area (Å²) >= 11 is 6.90. The molecule has 0 aliphatic heterocycles. The van der Waals surface area contributed by atoms with Crippen LogP contribution >= 0.6 is 22.9 Å². The number of carbonyl (C=O) groups excluding carboxylic acids is 2. The Balaban J connectivity index is 1.83. The van der Waals surface area contributed by atoms with Crippen molar-refractivity contribution in [2.45, 2.75) is 25.7 Å². The van der Waals surface area contributed by atoms with Gasteiger partial charge in [0.25, 0.3) is 11.8 Å². The molecular weight excluding hydrogens is 564 g/mol. The van der Waals surface area contributed by atoms with Gasteiger partial charge < -0.3 is 15.2 Å². The van der Waals surface area contributed by atoms with Gasteiger partial charge in [0.05, 0.1) is 28.2 Å². The third kappa shape index (κ3) is 6.97. The maximum absolute atomic E-state index is 13.1. The highest BCUT2D eigenvalue weighted by Crippen LogP contribution is 2.28. The van der Waals surface area contributed by atoms with Crippen molar-refractivity contribution in [1.29, 1.82) is 0 Å². The minimum absolute atomic E-state index is 0.0665. The van der Waals surface area contributed by atoms with Crippen LogP contribution in [0.4, 0.5) is 11.6 Å². The molecule has 15 heteroatoms. The van der Waals surface area contributed by atoms with E-state index in [1.165, 1.54) is 29.8 Å². The lowest BCUT2D eigenvalue weighted by molar-refractivity contribution is 0.0982. The van der Waals surface area contributed by atoms with Crippen LogP contribution in [0, 0.1) is 20.8 Å². The molecule has 3 rings (SSSR count). The number of carbonyl (C=O) groups is 2. The first-order valence-electron chi connectivity index (χ1n) is 10.5. The van der Waals surface area contributed by atoms with Gasteiger partial charge in [-0.25, -0.2) is 21.6 Å². The first-order valence-corrected chi connectivity index (χ1v) is 15.3. The highest BCUT2D eigenvalue weighted by molar-refractivity contribution is 7.91. The van der Waals surface area contributed by atoms with Gasteiger partial charge in [0.15, 0.2) is 9.84 Å². The van der Waals surface area contributed by atoms with Gasteiger partial charge in [0, 0.05) is 6.20 Å². The number of aromatic nitrogens is 1. The van der Waals surface area contributed by atoms with E-state index in [4.69, 9.17) is 16.1 Å². The second-order valence-corrected chi connectivity index (χ2v) is 13.1. The van der Waals surface area contributed by atoms with Crippen molar-refractivity contribution >= 4 is 66.2 Å². The summed E-state index contributed by atoms with van der Waals surface area (Å²) in [5, 5.41) is 10.7. The predicted octanol–water partition coefficient (Wildman–Crippen LogP) is 3.66. The molecule has 2 amide bonds. The molecule has 37 heavy (non-hydrogen) atoms. The fourth-order valence-corrected chi connectivity index (χ4v) is 6.31. The van der Waals surface area contributed by atoms with Crippen LogP contribution in [-0.2, 0) is 19.9 Å². The summed E-state index contributed by atoms with van der Waals surface area (Å²) in [5.74, 6) is -1.97. The number of hydrogen-bond donors (Lipinski definition) is 3. The number of benzene rings is 1. The normalized spacial score (nSPS) is 12.0. The zero-order valence-electron chi connectivity index (χ0n) is 20.1. The summed E-state index contributed by atoms with van der Waals surface area (Å²) in [6, 6.07) is 4.43. The molecule has 198 valence electrons. The average Bonchev–Trinajstić information content (AvgIpc) is 3.40. The molecule has 1 aromatic carbocycles. The number of aryl methyl sites for hydroxylation is 3. The third-order valence-electron chi connectivity index (χ3n) is 4.85. The zero-order chi connectivity index (χ0) is 27.5. The largest absolute Gasteiger partial charge is 0.337 e. The lowest BCUT2D eigenvalue weighted by Crippen LogP contribution is -2.30. The Morgan fingerprint density at radius 3 is 2.46 bits per heavy atom. The molecule has 0 aliphatic rings. The van der Waals surface area contributed by atoms with Crippen molar-refractivity contribution in [3.05, 3.63) is 68.1 Å². The van der Waals surface area contributed by atoms with Gasteiger partial charge in [-0.05, 0) is 49.4 Å². The molecule has 0 radical (unpaired) electrons. The average molecular weight is 587 g/mol. The Hall–Kier alpha value is -3.20. The number of hydrogen-bond acceptors (Lipinski definition) is 10. The lowest BCUT2D eigenvalue weighted by Gasteiger charge is -2.15. The van der Waals surface area contributed by atoms with Crippen molar-refractivity contribution < 1.29 is 30.9 Å². The Morgan fingerprint density at radius 2 is 1.84 bits per heavy atom. The highest BCUT2D eigenvalue weighted by atomic mass is 35.5. The molecule has 0 aliphatic carbocycles. The van der Waals surface area contributed by atoms with Crippen LogP contribution in [0.3, 0.4) is 0 Å². The maximum atomic E-state index is 13.1. The van der Waals surface area contributed by atoms with Crippen LogP contribution in [0.25, 0.3) is 0 Å². The van der Waals surface area contributed by atoms with E-state index in [1.54, 1.807) is 26.8 Å². The fraction of sp³-hybridized carbons (Fsp3) is 0.227. The van der Waals surface area contributed by atoms with E-state index < -0.39 is 37.4 Å². The Morgan fingerprint density at radius 1 is 1.14 bits per heavy atom. The molecule has 2 aromatic heterocycles. The Bertz CT molecular complexity index is 1610. The second-order valence-electron chi connectivity index (χ2n) is 8.02. The molecule has 0 saturated carbocycles. The van der Waals surface area contributed by atoms with Crippen LogP contribution in [0.1, 0.15) is 36.9 Å². The van der Waals surface area contributed by atoms with Gasteiger partial charge in [0.2, 0.25) is 15.9 Å². The monoisotopic (exact) mass is 586 g/mol. The molecule has 0 atom stereocenters. The van der Waals surface area contributed by atoms with Crippen LogP contribution in [0.15, 0.2) is 45.3 Å². The molecule has 3 N–H and O–H groups in total. The molecule has 11 nitrogen and oxygen atoms in total. The summed E-state index contributed by atoms with van der Waals surface area (Å²) < 4.78 is 55.9. The van der Waals surface area contributed by atoms with Crippen LogP contribution in [0.5, 0.6) is 0 Å². The quantitative estimate of drug-likeness (QED) is 0.339. The lowest BCUT2D eigenvalue weighted by atomic mass is 10.0. The van der Waals surface area contributed by atoms with Crippen LogP contribution in [-0.4, -0.2) is 45.8 Å². The summed E-state index contributed by atoms with van der Waals surface area (Å²) in [5.41, 5.74) is 1.61. The van der Waals surface area contributed by atoms with E-state index in [0.29, 0.717) is 16.8 Å². The molecule has 0 spiro atoms. The number of nitrogens with zero attached hydrogens (tertiary/aromatic N) is 1. The standard InChI is InChI=1S/C22H23ClN4O7S3/c1-12-10-13(2)18(15(11-12)20(28)27-36(4,30)31)25-21(29)19-16(6-8-35-19)37(32,33)9-5-7-24-22-17(23)14(3)26-34-22/h5-8,10-11,24H,9H2,1-4H3,(H,25,29)(H,27,28). The topological polar surface area (TPSA) is 165 Å². The van der Waals surface area contributed by atoms with E-state index in [-0.39, 0.29) is 31.9 Å². The van der Waals surface area contributed by atoms with Gasteiger partial charge >= 0.3 is 0 Å². The number of anilines is 2. The van der Waals surface area contributed by atoms with E-state index in [2.05, 4.69) is 15.8 Å². The molecule has 0 bridgehead atoms. The molecule has 0 fully saturated rings. The summed E-state index contributed by atoms with van der Waals surface area (Å²) in [6.45, 7) is 4.99. The molecule has 2 heterocycles. The first-order chi connectivity index (χ1) is 17.2. The molecule has 3 aromatic rings. The smallest absolute Gasteiger partial charge is 0.267 e. The van der Waals surface area contributed by atoms with Gasteiger partial charge in [-0.3, -0.25) is 9.59 Å². The fourth-order valence-electron chi connectivity index (χ4n) is 3.26. The van der Waals surface area contributed by atoms with E-state index in [9.17, 15) is 26.4 Å². The minimum atomic E-state index is -3.93. The van der Waals surface area contributed by atoms with Crippen molar-refractivity contribution in [3.8, 4) is 0 Å². The van der Waals surface area contributed by atoms with Gasteiger partial charge in [-0.15, -0.1) is 11.3 Å². The first kappa shape index (κ1) is 28.4. The van der Waals surface area contributed by atoms with Crippen molar-refractivity contribution in [2.75, 3.05) is 22.6 Å². The van der Waals surface area contributed by atoms with Gasteiger partial charge in [-0.2, -0.15) is 0 Å². The van der Waals surface area contributed by atoms with Crippen molar-refractivity contribution in [1.82, 2.24) is 9.88 Å². The maximum Gasteiger partial charge on any atom is 0.267 e. The SMILES string of the molecule is Cc1cc(C)c(NC(=O)c2sccc2S(=O)(=O)CC=CNc2onc(C)c2Cl)c(C(=O)NS(C)(=O)=O)c1. The van der Waals surface area contributed by atoms with E-state index in [1.807, 2.05) is 4.72 Å². The zero-order valence-corrected chi connectivity index (χ0v) is 23.3. The third-order valence-corrected chi connectivity index (χ3v) is 8.54. The van der Waals surface area contributed by atoms with E-state index >= 15 is 0 Å². The second kappa shape index (κ2) is 11.0.